The van der Waals surface area contributed by atoms with E-state index in [9.17, 15) is 14.7 Å². The first-order valence-corrected chi connectivity index (χ1v) is 7.45. The maximum Gasteiger partial charge on any atom is 0.308 e. The van der Waals surface area contributed by atoms with Gasteiger partial charge >= 0.3 is 5.97 Å². The van der Waals surface area contributed by atoms with Gasteiger partial charge in [-0.3, -0.25) is 9.59 Å². The number of carbonyl (C=O) groups excluding carboxylic acids is 1. The van der Waals surface area contributed by atoms with Gasteiger partial charge in [0, 0.05) is 12.1 Å². The van der Waals surface area contributed by atoms with Crippen LogP contribution >= 0.6 is 0 Å². The maximum absolute atomic E-state index is 13.0. The zero-order valence-electron chi connectivity index (χ0n) is 11.3. The summed E-state index contributed by atoms with van der Waals surface area (Å²) in [5.41, 5.74) is -0.423. The molecule has 5 heteroatoms. The number of aliphatic carboxylic acids is 1. The summed E-state index contributed by atoms with van der Waals surface area (Å²) >= 11 is 0. The summed E-state index contributed by atoms with van der Waals surface area (Å²) in [5, 5.41) is 9.30. The van der Waals surface area contributed by atoms with Gasteiger partial charge in [-0.25, -0.2) is 0 Å². The minimum Gasteiger partial charge on any atom is -0.481 e. The third kappa shape index (κ3) is 1.53. The van der Waals surface area contributed by atoms with Gasteiger partial charge in [0.2, 0.25) is 5.91 Å². The lowest BCUT2D eigenvalue weighted by atomic mass is 9.77. The van der Waals surface area contributed by atoms with Gasteiger partial charge in [0.15, 0.2) is 0 Å². The first-order valence-electron chi connectivity index (χ1n) is 7.45. The van der Waals surface area contributed by atoms with E-state index >= 15 is 0 Å². The van der Waals surface area contributed by atoms with Crippen molar-refractivity contribution in [3.8, 4) is 0 Å². The highest BCUT2D eigenvalue weighted by atomic mass is 16.5. The molecule has 0 aromatic rings. The first-order chi connectivity index (χ1) is 9.61. The third-order valence-corrected chi connectivity index (χ3v) is 5.57. The van der Waals surface area contributed by atoms with Gasteiger partial charge < -0.3 is 14.7 Å². The normalized spacial score (nSPS) is 45.1. The highest BCUT2D eigenvalue weighted by molar-refractivity contribution is 5.86. The molecule has 0 saturated carbocycles. The van der Waals surface area contributed by atoms with E-state index in [0.29, 0.717) is 13.0 Å². The third-order valence-electron chi connectivity index (χ3n) is 5.57. The van der Waals surface area contributed by atoms with E-state index in [1.807, 2.05) is 17.1 Å². The largest absolute Gasteiger partial charge is 0.481 e. The number of carboxylic acids is 1. The Hall–Kier alpha value is -1.36. The van der Waals surface area contributed by atoms with E-state index in [4.69, 9.17) is 4.74 Å². The van der Waals surface area contributed by atoms with Crippen molar-refractivity contribution in [1.82, 2.24) is 4.90 Å². The van der Waals surface area contributed by atoms with Gasteiger partial charge in [-0.1, -0.05) is 12.2 Å². The van der Waals surface area contributed by atoms with Crippen molar-refractivity contribution in [3.05, 3.63) is 12.2 Å². The molecule has 3 aliphatic heterocycles. The lowest BCUT2D eigenvalue weighted by Crippen LogP contribution is -2.48. The molecule has 2 unspecified atom stereocenters. The molecule has 4 aliphatic rings. The van der Waals surface area contributed by atoms with Crippen LogP contribution in [-0.2, 0) is 14.3 Å². The molecule has 1 amide bonds. The molecule has 3 saturated heterocycles. The van der Waals surface area contributed by atoms with Crippen LogP contribution in [0.5, 0.6) is 0 Å². The predicted molar refractivity (Wildman–Crippen MR) is 69.9 cm³/mol. The number of allylic oxidation sites excluding steroid dienone is 1. The SMILES string of the molecule is O=C(O)[C@@H]1C[C@H]2CC[C@@H]1N2C(=O)C12CC=CC(C1)OC2. The number of amides is 1. The molecule has 1 N–H and O–H groups in total. The van der Waals surface area contributed by atoms with Crippen LogP contribution in [-0.4, -0.2) is 46.7 Å². The van der Waals surface area contributed by atoms with Crippen LogP contribution in [0.15, 0.2) is 12.2 Å². The number of ether oxygens (including phenoxy) is 1. The predicted octanol–water partition coefficient (Wildman–Crippen LogP) is 1.19. The number of hydrogen-bond donors (Lipinski definition) is 1. The minimum atomic E-state index is -0.753. The molecule has 4 rings (SSSR count). The van der Waals surface area contributed by atoms with Gasteiger partial charge in [-0.2, -0.15) is 0 Å². The van der Waals surface area contributed by atoms with Crippen LogP contribution < -0.4 is 0 Å². The summed E-state index contributed by atoms with van der Waals surface area (Å²) in [6, 6.07) is 0.0391. The van der Waals surface area contributed by atoms with Crippen LogP contribution in [0.4, 0.5) is 0 Å². The van der Waals surface area contributed by atoms with Gasteiger partial charge in [0.05, 0.1) is 24.0 Å². The van der Waals surface area contributed by atoms with Crippen molar-refractivity contribution in [2.45, 2.75) is 50.3 Å². The summed E-state index contributed by atoms with van der Waals surface area (Å²) in [5.74, 6) is -0.983. The number of hydrogen-bond acceptors (Lipinski definition) is 3. The molecule has 1 aliphatic carbocycles. The van der Waals surface area contributed by atoms with Gasteiger partial charge in [0.25, 0.3) is 0 Å². The van der Waals surface area contributed by atoms with Crippen LogP contribution in [0.1, 0.15) is 32.1 Å². The first kappa shape index (κ1) is 12.4. The standard InChI is InChI=1S/C15H19NO4/c17-13(18)11-6-9-3-4-12(11)16(9)14(19)15-5-1-2-10(7-15)20-8-15/h1-2,9-12H,3-8H2,(H,17,18)/t9-,10?,11-,12+,15?/m1/s1. The van der Waals surface area contributed by atoms with E-state index < -0.39 is 11.4 Å². The molecule has 0 spiro atoms. The number of carbonyl (C=O) groups is 2. The average Bonchev–Trinajstić information content (AvgIpc) is 3.10. The van der Waals surface area contributed by atoms with Crippen LogP contribution in [0.3, 0.4) is 0 Å². The fourth-order valence-electron chi connectivity index (χ4n) is 4.56. The number of fused-ring (bicyclic) bond motifs is 4. The summed E-state index contributed by atoms with van der Waals surface area (Å²) < 4.78 is 5.68. The Labute approximate surface area is 117 Å². The molecule has 20 heavy (non-hydrogen) atoms. The molecular formula is C15H19NO4. The molecule has 4 bridgehead atoms. The summed E-state index contributed by atoms with van der Waals surface area (Å²) in [4.78, 5) is 26.3. The fourth-order valence-corrected chi connectivity index (χ4v) is 4.56. The quantitative estimate of drug-likeness (QED) is 0.770. The van der Waals surface area contributed by atoms with Crippen LogP contribution in [0, 0.1) is 11.3 Å². The van der Waals surface area contributed by atoms with Gasteiger partial charge in [-0.15, -0.1) is 0 Å². The number of rotatable bonds is 2. The van der Waals surface area contributed by atoms with E-state index in [2.05, 4.69) is 0 Å². The second kappa shape index (κ2) is 4.07. The van der Waals surface area contributed by atoms with Crippen molar-refractivity contribution in [1.29, 1.82) is 0 Å². The molecule has 3 heterocycles. The second-order valence-electron chi connectivity index (χ2n) is 6.66. The van der Waals surface area contributed by atoms with Crippen molar-refractivity contribution in [2.24, 2.45) is 11.3 Å². The Morgan fingerprint density at radius 1 is 1.35 bits per heavy atom. The molecular weight excluding hydrogens is 258 g/mol. The van der Waals surface area contributed by atoms with E-state index in [0.717, 1.165) is 25.7 Å². The van der Waals surface area contributed by atoms with Gasteiger partial charge in [-0.05, 0) is 32.1 Å². The van der Waals surface area contributed by atoms with Crippen molar-refractivity contribution >= 4 is 11.9 Å². The maximum atomic E-state index is 13.0. The highest BCUT2D eigenvalue weighted by Crippen LogP contribution is 2.48. The Balaban J connectivity index is 1.61. The average molecular weight is 277 g/mol. The minimum absolute atomic E-state index is 0.0724. The zero-order chi connectivity index (χ0) is 13.9. The van der Waals surface area contributed by atoms with Crippen LogP contribution in [0.2, 0.25) is 0 Å². The molecule has 0 aromatic carbocycles. The lowest BCUT2D eigenvalue weighted by molar-refractivity contribution is -0.146. The Morgan fingerprint density at radius 3 is 2.95 bits per heavy atom. The van der Waals surface area contributed by atoms with E-state index in [-0.39, 0.29) is 30.0 Å². The lowest BCUT2D eigenvalue weighted by Gasteiger charge is -2.34. The molecule has 5 atom stereocenters. The Bertz CT molecular complexity index is 502. The van der Waals surface area contributed by atoms with Crippen molar-refractivity contribution in [3.63, 3.8) is 0 Å². The molecule has 0 radical (unpaired) electrons. The fraction of sp³-hybridized carbons (Fsp3) is 0.733. The van der Waals surface area contributed by atoms with E-state index in [1.165, 1.54) is 0 Å². The number of carboxylic acid groups (broad SMARTS) is 1. The molecule has 5 nitrogen and oxygen atoms in total. The molecule has 3 fully saturated rings. The van der Waals surface area contributed by atoms with Crippen LogP contribution in [0.25, 0.3) is 0 Å². The second-order valence-corrected chi connectivity index (χ2v) is 6.66. The molecule has 0 aromatic heterocycles. The summed E-state index contributed by atoms with van der Waals surface area (Å²) in [6.07, 6.45) is 8.07. The van der Waals surface area contributed by atoms with Gasteiger partial charge in [0.1, 0.15) is 0 Å². The number of nitrogens with zero attached hydrogens (tertiary/aromatic N) is 1. The topological polar surface area (TPSA) is 66.8 Å². The Kier molecular flexibility index (Phi) is 2.52. The van der Waals surface area contributed by atoms with Crippen molar-refractivity contribution in [2.75, 3.05) is 6.61 Å². The monoisotopic (exact) mass is 277 g/mol. The zero-order valence-corrected chi connectivity index (χ0v) is 11.3. The highest BCUT2D eigenvalue weighted by Gasteiger charge is 2.57. The van der Waals surface area contributed by atoms with E-state index in [1.54, 1.807) is 0 Å². The summed E-state index contributed by atoms with van der Waals surface area (Å²) in [6.45, 7) is 0.483. The summed E-state index contributed by atoms with van der Waals surface area (Å²) in [7, 11) is 0. The Morgan fingerprint density at radius 2 is 2.20 bits per heavy atom. The smallest absolute Gasteiger partial charge is 0.308 e. The van der Waals surface area contributed by atoms with Crippen molar-refractivity contribution < 1.29 is 19.4 Å². The molecule has 108 valence electrons.